The number of rotatable bonds is 4. The molecule has 0 amide bonds. The summed E-state index contributed by atoms with van der Waals surface area (Å²) >= 11 is 5.53. The van der Waals surface area contributed by atoms with Gasteiger partial charge in [0.25, 0.3) is 0 Å². The van der Waals surface area contributed by atoms with E-state index in [4.69, 9.17) is 21.5 Å². The fourth-order valence-electron chi connectivity index (χ4n) is 1.53. The van der Waals surface area contributed by atoms with E-state index in [2.05, 4.69) is 0 Å². The van der Waals surface area contributed by atoms with E-state index in [-0.39, 0.29) is 17.3 Å². The molecule has 0 radical (unpaired) electrons. The maximum absolute atomic E-state index is 11.5. The molecule has 1 aromatic rings. The predicted molar refractivity (Wildman–Crippen MR) is 72.4 cm³/mol. The van der Waals surface area contributed by atoms with E-state index < -0.39 is 10.0 Å². The summed E-state index contributed by atoms with van der Waals surface area (Å²) in [6.07, 6.45) is 0. The number of halogens is 1. The van der Waals surface area contributed by atoms with Gasteiger partial charge in [-0.25, -0.2) is 13.6 Å². The maximum atomic E-state index is 11.5. The molecule has 0 aromatic heterocycles. The molecule has 2 N–H and O–H groups in total. The summed E-state index contributed by atoms with van der Waals surface area (Å²) in [5.41, 5.74) is 3.71. The van der Waals surface area contributed by atoms with Crippen molar-refractivity contribution in [3.05, 3.63) is 34.4 Å². The Morgan fingerprint density at radius 2 is 2.06 bits per heavy atom. The molecule has 0 aliphatic rings. The Morgan fingerprint density at radius 3 is 2.56 bits per heavy atom. The van der Waals surface area contributed by atoms with Gasteiger partial charge >= 0.3 is 0 Å². The van der Waals surface area contributed by atoms with E-state index >= 15 is 0 Å². The molecule has 0 fully saturated rings. The average molecular weight is 290 g/mol. The van der Waals surface area contributed by atoms with Gasteiger partial charge in [-0.2, -0.15) is 0 Å². The highest BCUT2D eigenvalue weighted by Crippen LogP contribution is 2.28. The Labute approximate surface area is 112 Å². The van der Waals surface area contributed by atoms with Gasteiger partial charge in [-0.05, 0) is 43.5 Å². The van der Waals surface area contributed by atoms with Crippen molar-refractivity contribution < 1.29 is 13.2 Å². The summed E-state index contributed by atoms with van der Waals surface area (Å²) in [7, 11) is -3.81. The van der Waals surface area contributed by atoms with Crippen molar-refractivity contribution in [3.8, 4) is 5.75 Å². The molecule has 0 aliphatic heterocycles. The normalized spacial score (nSPS) is 12.6. The number of sulfonamides is 1. The van der Waals surface area contributed by atoms with Gasteiger partial charge in [0.1, 0.15) is 17.3 Å². The minimum absolute atomic E-state index is 0.00220. The molecular weight excluding hydrogens is 274 g/mol. The summed E-state index contributed by atoms with van der Waals surface area (Å²) in [6.45, 7) is 5.58. The lowest BCUT2D eigenvalue weighted by Gasteiger charge is -2.14. The van der Waals surface area contributed by atoms with E-state index in [1.165, 1.54) is 11.6 Å². The Kier molecular flexibility index (Phi) is 4.78. The Morgan fingerprint density at radius 1 is 1.44 bits per heavy atom. The standard InChI is InChI=1S/C12H16ClNO3S/c1-8-4-10(3)12(17-7-9(2)6-13)11(5-8)18(14,15)16/h4-6H,7H2,1-3H3,(H2,14,15,16). The molecule has 0 saturated carbocycles. The van der Waals surface area contributed by atoms with Crippen molar-refractivity contribution in [2.75, 3.05) is 6.61 Å². The molecule has 1 aromatic carbocycles. The van der Waals surface area contributed by atoms with Crippen molar-refractivity contribution in [1.29, 1.82) is 0 Å². The summed E-state index contributed by atoms with van der Waals surface area (Å²) in [5, 5.41) is 5.19. The quantitative estimate of drug-likeness (QED) is 0.926. The monoisotopic (exact) mass is 289 g/mol. The van der Waals surface area contributed by atoms with Crippen molar-refractivity contribution in [2.24, 2.45) is 5.14 Å². The molecule has 0 unspecified atom stereocenters. The Balaban J connectivity index is 3.25. The van der Waals surface area contributed by atoms with Crippen LogP contribution in [0.25, 0.3) is 0 Å². The number of nitrogens with two attached hydrogens (primary N) is 1. The van der Waals surface area contributed by atoms with Gasteiger partial charge < -0.3 is 4.74 Å². The van der Waals surface area contributed by atoms with Gasteiger partial charge in [0.2, 0.25) is 10.0 Å². The topological polar surface area (TPSA) is 69.4 Å². The fraction of sp³-hybridized carbons (Fsp3) is 0.333. The zero-order valence-electron chi connectivity index (χ0n) is 10.5. The predicted octanol–water partition coefficient (Wildman–Crippen LogP) is 2.47. The van der Waals surface area contributed by atoms with Crippen molar-refractivity contribution in [2.45, 2.75) is 25.7 Å². The molecular formula is C12H16ClNO3S. The second-order valence-electron chi connectivity index (χ2n) is 4.20. The van der Waals surface area contributed by atoms with Crippen LogP contribution < -0.4 is 9.88 Å². The second kappa shape index (κ2) is 5.73. The van der Waals surface area contributed by atoms with Gasteiger partial charge in [0.15, 0.2) is 0 Å². The van der Waals surface area contributed by atoms with E-state index in [0.29, 0.717) is 0 Å². The number of ether oxygens (including phenoxy) is 1. The number of hydrogen-bond donors (Lipinski definition) is 1. The van der Waals surface area contributed by atoms with Crippen LogP contribution in [0.2, 0.25) is 0 Å². The van der Waals surface area contributed by atoms with E-state index in [1.54, 1.807) is 20.8 Å². The van der Waals surface area contributed by atoms with Gasteiger partial charge in [0.05, 0.1) is 0 Å². The fourth-order valence-corrected chi connectivity index (χ4v) is 2.42. The summed E-state index contributed by atoms with van der Waals surface area (Å²) < 4.78 is 28.5. The van der Waals surface area contributed by atoms with Crippen LogP contribution in [-0.4, -0.2) is 15.0 Å². The van der Waals surface area contributed by atoms with Gasteiger partial charge in [-0.1, -0.05) is 17.7 Å². The smallest absolute Gasteiger partial charge is 0.241 e. The summed E-state index contributed by atoms with van der Waals surface area (Å²) in [5.74, 6) is 0.279. The number of primary sulfonamides is 1. The Bertz CT molecular complexity index is 579. The highest BCUT2D eigenvalue weighted by Gasteiger charge is 2.18. The summed E-state index contributed by atoms with van der Waals surface area (Å²) in [4.78, 5) is 0.00220. The lowest BCUT2D eigenvalue weighted by atomic mass is 10.1. The van der Waals surface area contributed by atoms with Crippen LogP contribution >= 0.6 is 11.6 Å². The second-order valence-corrected chi connectivity index (χ2v) is 5.95. The molecule has 0 aliphatic carbocycles. The van der Waals surface area contributed by atoms with Crippen molar-refractivity contribution in [3.63, 3.8) is 0 Å². The van der Waals surface area contributed by atoms with Crippen LogP contribution in [0.1, 0.15) is 18.1 Å². The van der Waals surface area contributed by atoms with E-state index in [9.17, 15) is 8.42 Å². The first-order valence-corrected chi connectivity index (χ1v) is 7.26. The molecule has 0 bridgehead atoms. The first-order valence-electron chi connectivity index (χ1n) is 5.28. The lowest BCUT2D eigenvalue weighted by molar-refractivity contribution is 0.340. The highest BCUT2D eigenvalue weighted by atomic mass is 35.5. The molecule has 0 atom stereocenters. The van der Waals surface area contributed by atoms with Gasteiger partial charge in [-0.3, -0.25) is 0 Å². The molecule has 0 saturated heterocycles. The highest BCUT2D eigenvalue weighted by molar-refractivity contribution is 7.89. The largest absolute Gasteiger partial charge is 0.488 e. The molecule has 18 heavy (non-hydrogen) atoms. The van der Waals surface area contributed by atoms with Crippen LogP contribution in [-0.2, 0) is 10.0 Å². The zero-order valence-corrected chi connectivity index (χ0v) is 12.1. The molecule has 6 heteroatoms. The van der Waals surface area contributed by atoms with Gasteiger partial charge in [0, 0.05) is 5.54 Å². The molecule has 100 valence electrons. The molecule has 0 heterocycles. The van der Waals surface area contributed by atoms with Crippen LogP contribution in [0.4, 0.5) is 0 Å². The Hall–Kier alpha value is -1.04. The summed E-state index contributed by atoms with van der Waals surface area (Å²) in [6, 6.07) is 3.33. The van der Waals surface area contributed by atoms with E-state index in [1.807, 2.05) is 6.07 Å². The van der Waals surface area contributed by atoms with Crippen LogP contribution in [0.15, 0.2) is 28.1 Å². The third-order valence-electron chi connectivity index (χ3n) is 2.32. The molecule has 4 nitrogen and oxygen atoms in total. The van der Waals surface area contributed by atoms with Crippen LogP contribution in [0.5, 0.6) is 5.75 Å². The van der Waals surface area contributed by atoms with Crippen LogP contribution in [0.3, 0.4) is 0 Å². The van der Waals surface area contributed by atoms with Crippen molar-refractivity contribution >= 4 is 21.6 Å². The maximum Gasteiger partial charge on any atom is 0.241 e. The molecule has 1 rings (SSSR count). The lowest BCUT2D eigenvalue weighted by Crippen LogP contribution is -2.15. The van der Waals surface area contributed by atoms with Crippen molar-refractivity contribution in [1.82, 2.24) is 0 Å². The first-order chi connectivity index (χ1) is 8.25. The number of hydrogen-bond acceptors (Lipinski definition) is 3. The number of benzene rings is 1. The average Bonchev–Trinajstić information content (AvgIpc) is 2.25. The van der Waals surface area contributed by atoms with Gasteiger partial charge in [-0.15, -0.1) is 0 Å². The third-order valence-corrected chi connectivity index (χ3v) is 3.61. The number of aryl methyl sites for hydroxylation is 2. The minimum atomic E-state index is -3.81. The van der Waals surface area contributed by atoms with E-state index in [0.717, 1.165) is 16.7 Å². The molecule has 0 spiro atoms. The first kappa shape index (κ1) is 15.0. The third kappa shape index (κ3) is 3.73. The van der Waals surface area contributed by atoms with Crippen LogP contribution in [0, 0.1) is 13.8 Å². The minimum Gasteiger partial charge on any atom is -0.488 e. The SMILES string of the molecule is CC(=CCl)COc1c(C)cc(C)cc1S(N)(=O)=O. The zero-order chi connectivity index (χ0) is 13.9.